The van der Waals surface area contributed by atoms with Crippen LogP contribution in [-0.4, -0.2) is 49.3 Å². The van der Waals surface area contributed by atoms with E-state index in [2.05, 4.69) is 0 Å². The Morgan fingerprint density at radius 1 is 1.33 bits per heavy atom. The van der Waals surface area contributed by atoms with E-state index in [1.165, 1.54) is 0 Å². The van der Waals surface area contributed by atoms with Crippen molar-refractivity contribution in [3.8, 4) is 5.75 Å². The fourth-order valence-corrected chi connectivity index (χ4v) is 4.05. The van der Waals surface area contributed by atoms with Crippen LogP contribution in [0.3, 0.4) is 0 Å². The van der Waals surface area contributed by atoms with Gasteiger partial charge in [0.25, 0.3) is 5.91 Å². The molecule has 2 aliphatic heterocycles. The van der Waals surface area contributed by atoms with Gasteiger partial charge in [-0.1, -0.05) is 11.6 Å². The Balaban J connectivity index is 1.70. The number of amides is 1. The van der Waals surface area contributed by atoms with Crippen LogP contribution in [-0.2, 0) is 4.74 Å². The van der Waals surface area contributed by atoms with Gasteiger partial charge in [0.2, 0.25) is 0 Å². The van der Waals surface area contributed by atoms with Gasteiger partial charge in [0.1, 0.15) is 5.75 Å². The second-order valence-electron chi connectivity index (χ2n) is 6.56. The van der Waals surface area contributed by atoms with Gasteiger partial charge in [-0.05, 0) is 56.8 Å². The minimum Gasteiger partial charge on any atom is -0.492 e. The highest BCUT2D eigenvalue weighted by Crippen LogP contribution is 2.38. The van der Waals surface area contributed by atoms with Gasteiger partial charge in [-0.25, -0.2) is 0 Å². The number of carbonyl (C=O) groups excluding carboxylic acids is 1. The number of ether oxygens (including phenoxy) is 2. The van der Waals surface area contributed by atoms with Crippen molar-refractivity contribution in [3.63, 3.8) is 0 Å². The van der Waals surface area contributed by atoms with Crippen LogP contribution in [0, 0.1) is 0 Å². The monoisotopic (exact) mass is 352 g/mol. The fraction of sp³-hybridized carbons (Fsp3) is 0.611. The molecule has 1 amide bonds. The summed E-state index contributed by atoms with van der Waals surface area (Å²) >= 11 is 6.28. The molecule has 2 fully saturated rings. The molecule has 6 heteroatoms. The predicted octanol–water partition coefficient (Wildman–Crippen LogP) is 2.85. The summed E-state index contributed by atoms with van der Waals surface area (Å²) in [6, 6.07) is 5.84. The second-order valence-corrected chi connectivity index (χ2v) is 6.97. The molecule has 132 valence electrons. The van der Waals surface area contributed by atoms with E-state index in [9.17, 15) is 4.79 Å². The molecule has 24 heavy (non-hydrogen) atoms. The van der Waals surface area contributed by atoms with Gasteiger partial charge in [0.05, 0.1) is 17.7 Å². The number of carbonyl (C=O) groups is 1. The Bertz CT molecular complexity index is 582. The van der Waals surface area contributed by atoms with Gasteiger partial charge in [0, 0.05) is 24.8 Å². The summed E-state index contributed by atoms with van der Waals surface area (Å²) in [4.78, 5) is 15.0. The summed E-state index contributed by atoms with van der Waals surface area (Å²) in [5, 5.41) is 0.469. The van der Waals surface area contributed by atoms with Crippen LogP contribution in [0.4, 0.5) is 0 Å². The van der Waals surface area contributed by atoms with E-state index in [1.54, 1.807) is 25.3 Å². The molecule has 0 spiro atoms. The van der Waals surface area contributed by atoms with E-state index in [-0.39, 0.29) is 24.1 Å². The molecular weight excluding hydrogens is 328 g/mol. The maximum Gasteiger partial charge on any atom is 0.254 e. The standard InChI is InChI=1S/C18H25ClN2O3/c1-23-15-10-13-4-5-14(11-15)21(13)18(22)12-3-6-17(16(19)9-12)24-8-2-7-20/h3,6,9,13-15H,2,4-5,7-8,10-11,20H2,1H3/t13-,14+,15?. The average molecular weight is 353 g/mol. The van der Waals surface area contributed by atoms with E-state index in [0.29, 0.717) is 29.5 Å². The van der Waals surface area contributed by atoms with Crippen LogP contribution in [0.5, 0.6) is 5.75 Å². The highest BCUT2D eigenvalue weighted by atomic mass is 35.5. The number of methoxy groups -OCH3 is 1. The number of piperidine rings is 1. The topological polar surface area (TPSA) is 64.8 Å². The molecule has 2 saturated heterocycles. The molecular formula is C18H25ClN2O3. The highest BCUT2D eigenvalue weighted by molar-refractivity contribution is 6.32. The zero-order valence-corrected chi connectivity index (χ0v) is 14.8. The Morgan fingerprint density at radius 2 is 2.04 bits per heavy atom. The third-order valence-electron chi connectivity index (χ3n) is 5.04. The average Bonchev–Trinajstić information content (AvgIpc) is 2.85. The van der Waals surface area contributed by atoms with Crippen molar-refractivity contribution < 1.29 is 14.3 Å². The zero-order chi connectivity index (χ0) is 17.1. The van der Waals surface area contributed by atoms with Gasteiger partial charge in [-0.3, -0.25) is 4.79 Å². The number of fused-ring (bicyclic) bond motifs is 2. The molecule has 0 aliphatic carbocycles. The van der Waals surface area contributed by atoms with Crippen LogP contribution in [0.2, 0.25) is 5.02 Å². The Hall–Kier alpha value is -1.30. The quantitative estimate of drug-likeness (QED) is 0.799. The maximum absolute atomic E-state index is 12.9. The summed E-state index contributed by atoms with van der Waals surface area (Å²) in [7, 11) is 1.75. The summed E-state index contributed by atoms with van der Waals surface area (Å²) < 4.78 is 11.1. The van der Waals surface area contributed by atoms with Crippen molar-refractivity contribution in [2.45, 2.75) is 50.3 Å². The molecule has 0 aromatic heterocycles. The van der Waals surface area contributed by atoms with E-state index >= 15 is 0 Å². The van der Waals surface area contributed by atoms with Crippen molar-refractivity contribution in [3.05, 3.63) is 28.8 Å². The van der Waals surface area contributed by atoms with Crippen molar-refractivity contribution in [1.82, 2.24) is 4.90 Å². The number of hydrogen-bond acceptors (Lipinski definition) is 4. The first-order valence-corrected chi connectivity index (χ1v) is 8.99. The fourth-order valence-electron chi connectivity index (χ4n) is 3.82. The van der Waals surface area contributed by atoms with Gasteiger partial charge < -0.3 is 20.1 Å². The molecule has 0 saturated carbocycles. The van der Waals surface area contributed by atoms with Gasteiger partial charge in [-0.15, -0.1) is 0 Å². The molecule has 2 bridgehead atoms. The molecule has 2 heterocycles. The third kappa shape index (κ3) is 3.53. The third-order valence-corrected chi connectivity index (χ3v) is 5.34. The number of hydrogen-bond donors (Lipinski definition) is 1. The molecule has 2 N–H and O–H groups in total. The number of benzene rings is 1. The molecule has 5 nitrogen and oxygen atoms in total. The van der Waals surface area contributed by atoms with Crippen molar-refractivity contribution in [1.29, 1.82) is 0 Å². The first kappa shape index (κ1) is 17.5. The molecule has 3 atom stereocenters. The molecule has 3 rings (SSSR count). The van der Waals surface area contributed by atoms with Gasteiger partial charge in [0.15, 0.2) is 0 Å². The normalized spacial score (nSPS) is 25.8. The van der Waals surface area contributed by atoms with Crippen LogP contribution in [0.15, 0.2) is 18.2 Å². The second kappa shape index (κ2) is 7.72. The van der Waals surface area contributed by atoms with E-state index < -0.39 is 0 Å². The molecule has 2 aliphatic rings. The lowest BCUT2D eigenvalue weighted by molar-refractivity contribution is 0.00822. The first-order valence-electron chi connectivity index (χ1n) is 8.62. The lowest BCUT2D eigenvalue weighted by Crippen LogP contribution is -2.48. The molecule has 1 unspecified atom stereocenters. The van der Waals surface area contributed by atoms with Crippen LogP contribution >= 0.6 is 11.6 Å². The van der Waals surface area contributed by atoms with E-state index in [4.69, 9.17) is 26.8 Å². The number of rotatable bonds is 6. The highest BCUT2D eigenvalue weighted by Gasteiger charge is 2.43. The van der Waals surface area contributed by atoms with E-state index in [1.807, 2.05) is 4.90 Å². The summed E-state index contributed by atoms with van der Waals surface area (Å²) in [5.41, 5.74) is 6.08. The predicted molar refractivity (Wildman–Crippen MR) is 93.6 cm³/mol. The van der Waals surface area contributed by atoms with Crippen molar-refractivity contribution >= 4 is 17.5 Å². The summed E-state index contributed by atoms with van der Waals surface area (Å²) in [5.74, 6) is 0.662. The summed E-state index contributed by atoms with van der Waals surface area (Å²) in [6.45, 7) is 1.10. The first-order chi connectivity index (χ1) is 11.6. The minimum atomic E-state index is 0.0625. The van der Waals surface area contributed by atoms with Crippen LogP contribution in [0.1, 0.15) is 42.5 Å². The molecule has 1 aromatic rings. The van der Waals surface area contributed by atoms with Crippen LogP contribution in [0.25, 0.3) is 0 Å². The Morgan fingerprint density at radius 3 is 2.62 bits per heavy atom. The number of nitrogens with zero attached hydrogens (tertiary/aromatic N) is 1. The lowest BCUT2D eigenvalue weighted by atomic mass is 9.98. The van der Waals surface area contributed by atoms with Gasteiger partial charge >= 0.3 is 0 Å². The van der Waals surface area contributed by atoms with Crippen LogP contribution < -0.4 is 10.5 Å². The number of halogens is 1. The largest absolute Gasteiger partial charge is 0.492 e. The lowest BCUT2D eigenvalue weighted by Gasteiger charge is -2.38. The Labute approximate surface area is 148 Å². The van der Waals surface area contributed by atoms with Crippen molar-refractivity contribution in [2.24, 2.45) is 5.73 Å². The van der Waals surface area contributed by atoms with Crippen molar-refractivity contribution in [2.75, 3.05) is 20.3 Å². The smallest absolute Gasteiger partial charge is 0.254 e. The SMILES string of the molecule is COC1C[C@H]2CC[C@@H](C1)N2C(=O)c1ccc(OCCCN)c(Cl)c1. The minimum absolute atomic E-state index is 0.0625. The molecule has 0 radical (unpaired) electrons. The summed E-state index contributed by atoms with van der Waals surface area (Å²) in [6.07, 6.45) is 5.01. The molecule has 1 aromatic carbocycles. The maximum atomic E-state index is 12.9. The Kier molecular flexibility index (Phi) is 5.64. The number of nitrogens with two attached hydrogens (primary N) is 1. The zero-order valence-electron chi connectivity index (χ0n) is 14.0. The van der Waals surface area contributed by atoms with Gasteiger partial charge in [-0.2, -0.15) is 0 Å². The van der Waals surface area contributed by atoms with E-state index in [0.717, 1.165) is 32.1 Å².